The van der Waals surface area contributed by atoms with Gasteiger partial charge in [0, 0.05) is 28.7 Å². The molecule has 2 aromatic carbocycles. The molecule has 1 amide bonds. The van der Waals surface area contributed by atoms with Crippen molar-refractivity contribution in [3.8, 4) is 28.6 Å². The molecule has 0 radical (unpaired) electrons. The van der Waals surface area contributed by atoms with Crippen LogP contribution in [0.4, 0.5) is 0 Å². The highest BCUT2D eigenvalue weighted by atomic mass is 32.2. The van der Waals surface area contributed by atoms with Gasteiger partial charge in [0.05, 0.1) is 32.3 Å². The third-order valence-electron chi connectivity index (χ3n) is 5.16. The van der Waals surface area contributed by atoms with Crippen molar-refractivity contribution in [2.75, 3.05) is 33.1 Å². The van der Waals surface area contributed by atoms with Gasteiger partial charge in [-0.15, -0.1) is 10.2 Å². The number of H-pyrrole nitrogens is 1. The predicted molar refractivity (Wildman–Crippen MR) is 132 cm³/mol. The van der Waals surface area contributed by atoms with Gasteiger partial charge in [0.2, 0.25) is 5.91 Å². The van der Waals surface area contributed by atoms with E-state index in [0.717, 1.165) is 16.5 Å². The van der Waals surface area contributed by atoms with Crippen LogP contribution in [0.5, 0.6) is 11.5 Å². The van der Waals surface area contributed by atoms with Crippen molar-refractivity contribution in [3.05, 3.63) is 48.7 Å². The smallest absolute Gasteiger partial charge is 0.325 e. The van der Waals surface area contributed by atoms with Gasteiger partial charge in [-0.25, -0.2) is 0 Å². The maximum absolute atomic E-state index is 12.4. The molecule has 0 fully saturated rings. The zero-order valence-electron chi connectivity index (χ0n) is 19.5. The van der Waals surface area contributed by atoms with E-state index in [1.807, 2.05) is 41.1 Å². The van der Waals surface area contributed by atoms with Crippen molar-refractivity contribution in [1.29, 1.82) is 0 Å². The number of methoxy groups -OCH3 is 2. The molecule has 182 valence electrons. The first-order valence-electron chi connectivity index (χ1n) is 10.8. The van der Waals surface area contributed by atoms with E-state index >= 15 is 0 Å². The number of ether oxygens (including phenoxy) is 3. The maximum Gasteiger partial charge on any atom is 0.325 e. The summed E-state index contributed by atoms with van der Waals surface area (Å²) in [5.74, 6) is 0.990. The standard InChI is InChI=1S/C24H25N5O5S/c1-4-34-22(31)13-26-21(30)14-35-24-28-27-23(17-12-25-18-8-6-5-7-16(17)18)29(24)19-11-15(32-2)9-10-20(19)33-3/h5-12,25H,4,13-14H2,1-3H3,(H,26,30). The quantitative estimate of drug-likeness (QED) is 0.254. The van der Waals surface area contributed by atoms with E-state index in [4.69, 9.17) is 14.2 Å². The maximum atomic E-state index is 12.4. The highest BCUT2D eigenvalue weighted by Gasteiger charge is 2.22. The minimum absolute atomic E-state index is 0.0255. The molecular formula is C24H25N5O5S. The number of nitrogens with one attached hydrogen (secondary N) is 2. The number of thioether (sulfide) groups is 1. The molecule has 0 atom stereocenters. The second-order valence-corrected chi connectivity index (χ2v) is 8.24. The number of amides is 1. The first kappa shape index (κ1) is 24.1. The summed E-state index contributed by atoms with van der Waals surface area (Å²) in [7, 11) is 3.17. The fourth-order valence-electron chi connectivity index (χ4n) is 3.55. The number of benzene rings is 2. The van der Waals surface area contributed by atoms with E-state index in [9.17, 15) is 9.59 Å². The number of fused-ring (bicyclic) bond motifs is 1. The molecule has 0 saturated carbocycles. The lowest BCUT2D eigenvalue weighted by atomic mass is 10.1. The van der Waals surface area contributed by atoms with E-state index in [-0.39, 0.29) is 24.8 Å². The summed E-state index contributed by atoms with van der Waals surface area (Å²) in [6, 6.07) is 13.3. The minimum Gasteiger partial charge on any atom is -0.497 e. The molecule has 0 aliphatic rings. The Labute approximate surface area is 206 Å². The number of hydrogen-bond donors (Lipinski definition) is 2. The number of aromatic amines is 1. The van der Waals surface area contributed by atoms with Crippen molar-refractivity contribution >= 4 is 34.5 Å². The second kappa shape index (κ2) is 11.0. The zero-order chi connectivity index (χ0) is 24.8. The molecule has 0 saturated heterocycles. The number of para-hydroxylation sites is 1. The second-order valence-electron chi connectivity index (χ2n) is 7.30. The van der Waals surface area contributed by atoms with Crippen molar-refractivity contribution < 1.29 is 23.8 Å². The molecule has 0 bridgehead atoms. The van der Waals surface area contributed by atoms with Crippen LogP contribution in [-0.2, 0) is 14.3 Å². The lowest BCUT2D eigenvalue weighted by Crippen LogP contribution is -2.31. The summed E-state index contributed by atoms with van der Waals surface area (Å²) in [5.41, 5.74) is 2.46. The highest BCUT2D eigenvalue weighted by Crippen LogP contribution is 2.36. The molecule has 11 heteroatoms. The highest BCUT2D eigenvalue weighted by molar-refractivity contribution is 7.99. The molecule has 4 aromatic rings. The molecule has 2 heterocycles. The van der Waals surface area contributed by atoms with Gasteiger partial charge < -0.3 is 24.5 Å². The van der Waals surface area contributed by atoms with Gasteiger partial charge in [-0.2, -0.15) is 0 Å². The normalized spacial score (nSPS) is 10.8. The van der Waals surface area contributed by atoms with Gasteiger partial charge in [0.15, 0.2) is 11.0 Å². The average Bonchev–Trinajstić information content (AvgIpc) is 3.49. The SMILES string of the molecule is CCOC(=O)CNC(=O)CSc1nnc(-c2c[nH]c3ccccc23)n1-c1cc(OC)ccc1OC. The summed E-state index contributed by atoms with van der Waals surface area (Å²) >= 11 is 1.19. The molecule has 4 rings (SSSR count). The number of esters is 1. The van der Waals surface area contributed by atoms with E-state index in [2.05, 4.69) is 20.5 Å². The lowest BCUT2D eigenvalue weighted by molar-refractivity contribution is -0.143. The summed E-state index contributed by atoms with van der Waals surface area (Å²) in [6.45, 7) is 1.77. The molecule has 0 aliphatic heterocycles. The van der Waals surface area contributed by atoms with Crippen LogP contribution in [0.2, 0.25) is 0 Å². The predicted octanol–water partition coefficient (Wildman–Crippen LogP) is 3.20. The Morgan fingerprint density at radius 3 is 2.71 bits per heavy atom. The third kappa shape index (κ3) is 5.24. The fourth-order valence-corrected chi connectivity index (χ4v) is 4.32. The van der Waals surface area contributed by atoms with Gasteiger partial charge in [0.1, 0.15) is 18.0 Å². The first-order chi connectivity index (χ1) is 17.0. The largest absolute Gasteiger partial charge is 0.497 e. The molecule has 2 aromatic heterocycles. The Morgan fingerprint density at radius 2 is 1.94 bits per heavy atom. The van der Waals surface area contributed by atoms with Crippen LogP contribution in [0.3, 0.4) is 0 Å². The number of carbonyl (C=O) groups excluding carboxylic acids is 2. The molecule has 2 N–H and O–H groups in total. The summed E-state index contributed by atoms with van der Waals surface area (Å²) < 4.78 is 17.7. The van der Waals surface area contributed by atoms with E-state index in [1.54, 1.807) is 33.3 Å². The van der Waals surface area contributed by atoms with Gasteiger partial charge in [-0.05, 0) is 25.1 Å². The summed E-state index contributed by atoms with van der Waals surface area (Å²) in [5, 5.41) is 12.8. The topological polar surface area (TPSA) is 120 Å². The van der Waals surface area contributed by atoms with Gasteiger partial charge in [0.25, 0.3) is 0 Å². The van der Waals surface area contributed by atoms with Crippen molar-refractivity contribution in [3.63, 3.8) is 0 Å². The van der Waals surface area contributed by atoms with Crippen molar-refractivity contribution in [2.24, 2.45) is 0 Å². The average molecular weight is 496 g/mol. The number of rotatable bonds is 10. The van der Waals surface area contributed by atoms with Crippen LogP contribution in [0.1, 0.15) is 6.92 Å². The Morgan fingerprint density at radius 1 is 1.11 bits per heavy atom. The molecule has 35 heavy (non-hydrogen) atoms. The molecule has 0 unspecified atom stereocenters. The third-order valence-corrected chi connectivity index (χ3v) is 6.09. The Bertz CT molecular complexity index is 1350. The van der Waals surface area contributed by atoms with Crippen LogP contribution >= 0.6 is 11.8 Å². The van der Waals surface area contributed by atoms with Crippen LogP contribution < -0.4 is 14.8 Å². The van der Waals surface area contributed by atoms with Gasteiger partial charge in [-0.1, -0.05) is 30.0 Å². The van der Waals surface area contributed by atoms with Crippen LogP contribution in [0.15, 0.2) is 53.8 Å². The minimum atomic E-state index is -0.489. The number of hydrogen-bond acceptors (Lipinski definition) is 8. The zero-order valence-corrected chi connectivity index (χ0v) is 20.3. The van der Waals surface area contributed by atoms with Gasteiger partial charge >= 0.3 is 5.97 Å². The number of carbonyl (C=O) groups is 2. The summed E-state index contributed by atoms with van der Waals surface area (Å²) in [4.78, 5) is 27.2. The van der Waals surface area contributed by atoms with E-state index in [0.29, 0.717) is 28.2 Å². The van der Waals surface area contributed by atoms with Crippen molar-refractivity contribution in [1.82, 2.24) is 25.1 Å². The van der Waals surface area contributed by atoms with Crippen LogP contribution in [-0.4, -0.2) is 64.7 Å². The molecule has 10 nitrogen and oxygen atoms in total. The van der Waals surface area contributed by atoms with Gasteiger partial charge in [-0.3, -0.25) is 14.2 Å². The van der Waals surface area contributed by atoms with E-state index < -0.39 is 5.97 Å². The molecular weight excluding hydrogens is 470 g/mol. The number of nitrogens with zero attached hydrogens (tertiary/aromatic N) is 3. The lowest BCUT2D eigenvalue weighted by Gasteiger charge is -2.15. The van der Waals surface area contributed by atoms with Crippen LogP contribution in [0, 0.1) is 0 Å². The Balaban J connectivity index is 1.72. The first-order valence-corrected chi connectivity index (χ1v) is 11.8. The van der Waals surface area contributed by atoms with E-state index in [1.165, 1.54) is 11.8 Å². The Kier molecular flexibility index (Phi) is 7.56. The number of aromatic nitrogens is 4. The molecule has 0 aliphatic carbocycles. The fraction of sp³-hybridized carbons (Fsp3) is 0.250. The van der Waals surface area contributed by atoms with Crippen molar-refractivity contribution in [2.45, 2.75) is 12.1 Å². The monoisotopic (exact) mass is 495 g/mol. The summed E-state index contributed by atoms with van der Waals surface area (Å²) in [6.07, 6.45) is 1.87. The molecule has 0 spiro atoms. The van der Waals surface area contributed by atoms with Crippen LogP contribution in [0.25, 0.3) is 28.0 Å². The Hall–Kier alpha value is -3.99.